The molecule has 0 spiro atoms. The van der Waals surface area contributed by atoms with Crippen LogP contribution >= 0.6 is 0 Å². The van der Waals surface area contributed by atoms with Gasteiger partial charge in [-0.25, -0.2) is 9.78 Å². The van der Waals surface area contributed by atoms with Crippen molar-refractivity contribution in [3.8, 4) is 5.88 Å². The zero-order valence-corrected chi connectivity index (χ0v) is 12.0. The summed E-state index contributed by atoms with van der Waals surface area (Å²) in [5, 5.41) is 11.0. The summed E-state index contributed by atoms with van der Waals surface area (Å²) in [6, 6.07) is 3.14. The number of pyridine rings is 1. The molecular formula is C14H18N2O6. The van der Waals surface area contributed by atoms with E-state index in [0.717, 1.165) is 6.42 Å². The standard InChI is InChI=1S/C14H18N2O6/c17-13(18)9-21-6-4-16-14(19)10-1-3-15-12(7-10)22-11-2-5-20-8-11/h1,3,7,11H,2,4-6,8-9H2,(H,16,19)(H,17,18). The third-order valence-electron chi connectivity index (χ3n) is 2.93. The number of nitrogens with zero attached hydrogens (tertiary/aromatic N) is 1. The highest BCUT2D eigenvalue weighted by molar-refractivity contribution is 5.94. The molecule has 1 aliphatic heterocycles. The highest BCUT2D eigenvalue weighted by Gasteiger charge is 2.18. The summed E-state index contributed by atoms with van der Waals surface area (Å²) in [5.74, 6) is -0.961. The van der Waals surface area contributed by atoms with E-state index in [1.807, 2.05) is 0 Å². The second kappa shape index (κ2) is 8.30. The number of rotatable bonds is 8. The van der Waals surface area contributed by atoms with E-state index in [9.17, 15) is 9.59 Å². The highest BCUT2D eigenvalue weighted by Crippen LogP contribution is 2.15. The smallest absolute Gasteiger partial charge is 0.329 e. The average Bonchev–Trinajstić information content (AvgIpc) is 2.99. The number of carboxylic acids is 1. The van der Waals surface area contributed by atoms with Gasteiger partial charge in [-0.05, 0) is 6.07 Å². The number of aromatic nitrogens is 1. The molecule has 8 nitrogen and oxygen atoms in total. The fourth-order valence-corrected chi connectivity index (χ4v) is 1.89. The fourth-order valence-electron chi connectivity index (χ4n) is 1.89. The Balaban J connectivity index is 1.78. The molecule has 8 heteroatoms. The van der Waals surface area contributed by atoms with E-state index in [1.54, 1.807) is 12.1 Å². The molecule has 1 saturated heterocycles. The monoisotopic (exact) mass is 310 g/mol. The summed E-state index contributed by atoms with van der Waals surface area (Å²) in [6.07, 6.45) is 2.27. The van der Waals surface area contributed by atoms with Crippen molar-refractivity contribution in [3.63, 3.8) is 0 Å². The van der Waals surface area contributed by atoms with Crippen LogP contribution in [0, 0.1) is 0 Å². The molecule has 1 aliphatic rings. The van der Waals surface area contributed by atoms with Gasteiger partial charge in [0, 0.05) is 30.8 Å². The lowest BCUT2D eigenvalue weighted by molar-refractivity contribution is -0.142. The number of nitrogens with one attached hydrogen (secondary N) is 1. The van der Waals surface area contributed by atoms with Crippen LogP contribution in [0.25, 0.3) is 0 Å². The average molecular weight is 310 g/mol. The largest absolute Gasteiger partial charge is 0.480 e. The van der Waals surface area contributed by atoms with E-state index in [1.165, 1.54) is 6.20 Å². The van der Waals surface area contributed by atoms with Gasteiger partial charge < -0.3 is 24.6 Å². The van der Waals surface area contributed by atoms with E-state index in [2.05, 4.69) is 10.3 Å². The van der Waals surface area contributed by atoms with Crippen molar-refractivity contribution >= 4 is 11.9 Å². The fraction of sp³-hybridized carbons (Fsp3) is 0.500. The van der Waals surface area contributed by atoms with Crippen molar-refractivity contribution in [1.82, 2.24) is 10.3 Å². The molecule has 1 aromatic rings. The van der Waals surface area contributed by atoms with Crippen molar-refractivity contribution in [2.24, 2.45) is 0 Å². The topological polar surface area (TPSA) is 107 Å². The number of hydrogen-bond donors (Lipinski definition) is 2. The van der Waals surface area contributed by atoms with Crippen molar-refractivity contribution in [2.45, 2.75) is 12.5 Å². The first-order valence-corrected chi connectivity index (χ1v) is 6.93. The van der Waals surface area contributed by atoms with Gasteiger partial charge in [0.25, 0.3) is 5.91 Å². The molecular weight excluding hydrogens is 292 g/mol. The van der Waals surface area contributed by atoms with Gasteiger partial charge in [0.15, 0.2) is 0 Å². The van der Waals surface area contributed by atoms with Crippen LogP contribution < -0.4 is 10.1 Å². The highest BCUT2D eigenvalue weighted by atomic mass is 16.5. The molecule has 1 fully saturated rings. The molecule has 2 heterocycles. The quantitative estimate of drug-likeness (QED) is 0.655. The van der Waals surface area contributed by atoms with Gasteiger partial charge >= 0.3 is 5.97 Å². The minimum atomic E-state index is -1.04. The zero-order chi connectivity index (χ0) is 15.8. The summed E-state index contributed by atoms with van der Waals surface area (Å²) in [6.45, 7) is 1.17. The Bertz CT molecular complexity index is 516. The first kappa shape index (κ1) is 16.2. The van der Waals surface area contributed by atoms with Gasteiger partial charge in [-0.2, -0.15) is 0 Å². The van der Waals surface area contributed by atoms with Crippen molar-refractivity contribution in [2.75, 3.05) is 33.0 Å². The van der Waals surface area contributed by atoms with Gasteiger partial charge in [-0.3, -0.25) is 4.79 Å². The van der Waals surface area contributed by atoms with Crippen LogP contribution in [0.4, 0.5) is 0 Å². The minimum absolute atomic E-state index is 0.0322. The molecule has 1 atom stereocenters. The maximum Gasteiger partial charge on any atom is 0.329 e. The number of ether oxygens (including phenoxy) is 3. The van der Waals surface area contributed by atoms with Crippen LogP contribution in [0.2, 0.25) is 0 Å². The van der Waals surface area contributed by atoms with Gasteiger partial charge in [0.05, 0.1) is 19.8 Å². The van der Waals surface area contributed by atoms with Crippen LogP contribution in [0.3, 0.4) is 0 Å². The molecule has 1 aromatic heterocycles. The molecule has 0 aromatic carbocycles. The Morgan fingerprint density at radius 3 is 3.09 bits per heavy atom. The second-order valence-corrected chi connectivity index (χ2v) is 4.69. The Hall–Kier alpha value is -2.19. The first-order chi connectivity index (χ1) is 10.6. The van der Waals surface area contributed by atoms with Gasteiger partial charge in [0.1, 0.15) is 12.7 Å². The van der Waals surface area contributed by atoms with Gasteiger partial charge in [-0.15, -0.1) is 0 Å². The number of carboxylic acid groups (broad SMARTS) is 1. The molecule has 2 rings (SSSR count). The minimum Gasteiger partial charge on any atom is -0.480 e. The number of carbonyl (C=O) groups excluding carboxylic acids is 1. The molecule has 1 unspecified atom stereocenters. The van der Waals surface area contributed by atoms with Crippen molar-refractivity contribution < 1.29 is 28.9 Å². The van der Waals surface area contributed by atoms with E-state index in [0.29, 0.717) is 24.7 Å². The molecule has 22 heavy (non-hydrogen) atoms. The van der Waals surface area contributed by atoms with Crippen LogP contribution in [-0.4, -0.2) is 61.0 Å². The Kier molecular flexibility index (Phi) is 6.11. The summed E-state index contributed by atoms with van der Waals surface area (Å²) in [5.41, 5.74) is 0.419. The second-order valence-electron chi connectivity index (χ2n) is 4.69. The molecule has 120 valence electrons. The maximum absolute atomic E-state index is 11.9. The van der Waals surface area contributed by atoms with Crippen molar-refractivity contribution in [1.29, 1.82) is 0 Å². The molecule has 0 aliphatic carbocycles. The lowest BCUT2D eigenvalue weighted by atomic mass is 10.2. The normalized spacial score (nSPS) is 17.2. The number of amides is 1. The molecule has 0 radical (unpaired) electrons. The third-order valence-corrected chi connectivity index (χ3v) is 2.93. The predicted octanol–water partition coefficient (Wildman–Crippen LogP) is 0.0803. The van der Waals surface area contributed by atoms with Crippen LogP contribution in [0.1, 0.15) is 16.8 Å². The SMILES string of the molecule is O=C(O)COCCNC(=O)c1ccnc(OC2CCOC2)c1. The van der Waals surface area contributed by atoms with E-state index in [-0.39, 0.29) is 31.8 Å². The lowest BCUT2D eigenvalue weighted by Crippen LogP contribution is -2.28. The molecule has 2 N–H and O–H groups in total. The van der Waals surface area contributed by atoms with E-state index >= 15 is 0 Å². The number of carbonyl (C=O) groups is 2. The van der Waals surface area contributed by atoms with E-state index in [4.69, 9.17) is 19.3 Å². The van der Waals surface area contributed by atoms with Crippen molar-refractivity contribution in [3.05, 3.63) is 23.9 Å². The van der Waals surface area contributed by atoms with Crippen LogP contribution in [-0.2, 0) is 14.3 Å². The molecule has 0 saturated carbocycles. The van der Waals surface area contributed by atoms with Crippen LogP contribution in [0.5, 0.6) is 5.88 Å². The summed E-state index contributed by atoms with van der Waals surface area (Å²) >= 11 is 0. The van der Waals surface area contributed by atoms with E-state index < -0.39 is 5.97 Å². The third kappa shape index (κ3) is 5.30. The van der Waals surface area contributed by atoms with Gasteiger partial charge in [-0.1, -0.05) is 0 Å². The summed E-state index contributed by atoms with van der Waals surface area (Å²) in [7, 11) is 0. The Morgan fingerprint density at radius 1 is 1.50 bits per heavy atom. The summed E-state index contributed by atoms with van der Waals surface area (Å²) < 4.78 is 15.7. The molecule has 0 bridgehead atoms. The number of aliphatic carboxylic acids is 1. The van der Waals surface area contributed by atoms with Gasteiger partial charge in [0.2, 0.25) is 5.88 Å². The molecule has 1 amide bonds. The zero-order valence-electron chi connectivity index (χ0n) is 12.0. The van der Waals surface area contributed by atoms with Crippen LogP contribution in [0.15, 0.2) is 18.3 Å². The first-order valence-electron chi connectivity index (χ1n) is 6.93. The lowest BCUT2D eigenvalue weighted by Gasteiger charge is -2.11. The number of hydrogen-bond acceptors (Lipinski definition) is 6. The maximum atomic E-state index is 11.9. The Morgan fingerprint density at radius 2 is 2.36 bits per heavy atom. The predicted molar refractivity (Wildman–Crippen MR) is 74.9 cm³/mol. The summed E-state index contributed by atoms with van der Waals surface area (Å²) in [4.78, 5) is 26.3. The Labute approximate surface area is 127 Å².